The molecule has 1 heterocycles. The Balaban J connectivity index is 1.72. The minimum absolute atomic E-state index is 0.264. The number of hydrogen-bond donors (Lipinski definition) is 1. The molecule has 0 atom stereocenters. The van der Waals surface area contributed by atoms with Crippen molar-refractivity contribution in [2.75, 3.05) is 12.4 Å². The van der Waals surface area contributed by atoms with Gasteiger partial charge in [0.15, 0.2) is 0 Å². The van der Waals surface area contributed by atoms with Gasteiger partial charge in [0.25, 0.3) is 5.91 Å². The summed E-state index contributed by atoms with van der Waals surface area (Å²) in [6, 6.07) is 13.8. The number of aromatic nitrogens is 2. The number of carbonyl (C=O) groups excluding carboxylic acids is 1. The summed E-state index contributed by atoms with van der Waals surface area (Å²) >= 11 is 0. The standard InChI is InChI=1S/C18H16FN3O2/c1-24-17-9-15(19)7-8-16(17)21-18(23)14-10-20-22(12-14)11-13-5-3-2-4-6-13/h2-10,12H,11H2,1H3,(H,21,23). The van der Waals surface area contributed by atoms with Gasteiger partial charge in [0.2, 0.25) is 0 Å². The average Bonchev–Trinajstić information content (AvgIpc) is 3.06. The van der Waals surface area contributed by atoms with E-state index in [4.69, 9.17) is 4.74 Å². The van der Waals surface area contributed by atoms with Crippen LogP contribution in [0.4, 0.5) is 10.1 Å². The van der Waals surface area contributed by atoms with E-state index in [1.54, 1.807) is 10.9 Å². The number of nitrogens with zero attached hydrogens (tertiary/aromatic N) is 2. The largest absolute Gasteiger partial charge is 0.494 e. The molecule has 0 radical (unpaired) electrons. The molecule has 122 valence electrons. The third-order valence-electron chi connectivity index (χ3n) is 3.49. The number of ether oxygens (including phenoxy) is 1. The molecule has 3 rings (SSSR count). The van der Waals surface area contributed by atoms with Crippen LogP contribution < -0.4 is 10.1 Å². The zero-order valence-electron chi connectivity index (χ0n) is 13.1. The molecule has 24 heavy (non-hydrogen) atoms. The molecule has 3 aromatic rings. The summed E-state index contributed by atoms with van der Waals surface area (Å²) in [5.74, 6) is -0.500. The smallest absolute Gasteiger partial charge is 0.258 e. The van der Waals surface area contributed by atoms with Gasteiger partial charge in [0, 0.05) is 12.3 Å². The summed E-state index contributed by atoms with van der Waals surface area (Å²) in [4.78, 5) is 12.3. The van der Waals surface area contributed by atoms with E-state index in [2.05, 4.69) is 10.4 Å². The quantitative estimate of drug-likeness (QED) is 0.783. The van der Waals surface area contributed by atoms with Crippen molar-refractivity contribution in [3.63, 3.8) is 0 Å². The Morgan fingerprint density at radius 3 is 2.79 bits per heavy atom. The third-order valence-corrected chi connectivity index (χ3v) is 3.49. The van der Waals surface area contributed by atoms with Gasteiger partial charge >= 0.3 is 0 Å². The summed E-state index contributed by atoms with van der Waals surface area (Å²) in [5.41, 5.74) is 1.91. The molecular weight excluding hydrogens is 309 g/mol. The van der Waals surface area contributed by atoms with Crippen molar-refractivity contribution >= 4 is 11.6 Å². The van der Waals surface area contributed by atoms with Gasteiger partial charge in [-0.25, -0.2) is 4.39 Å². The second-order valence-corrected chi connectivity index (χ2v) is 5.21. The second kappa shape index (κ2) is 6.95. The first-order valence-corrected chi connectivity index (χ1v) is 7.37. The van der Waals surface area contributed by atoms with Crippen molar-refractivity contribution in [3.05, 3.63) is 77.9 Å². The highest BCUT2D eigenvalue weighted by Gasteiger charge is 2.12. The zero-order chi connectivity index (χ0) is 16.9. The lowest BCUT2D eigenvalue weighted by atomic mass is 10.2. The molecule has 0 saturated heterocycles. The number of halogens is 1. The molecule has 0 aliphatic heterocycles. The maximum atomic E-state index is 13.2. The minimum atomic E-state index is -0.430. The molecule has 6 heteroatoms. The summed E-state index contributed by atoms with van der Waals surface area (Å²) in [5, 5.41) is 6.89. The highest BCUT2D eigenvalue weighted by molar-refractivity contribution is 6.04. The Morgan fingerprint density at radius 1 is 1.25 bits per heavy atom. The van der Waals surface area contributed by atoms with E-state index in [-0.39, 0.29) is 11.7 Å². The molecule has 0 aliphatic carbocycles. The number of carbonyl (C=O) groups is 1. The molecule has 1 amide bonds. The lowest BCUT2D eigenvalue weighted by molar-refractivity contribution is 0.102. The molecule has 1 aromatic heterocycles. The van der Waals surface area contributed by atoms with Crippen molar-refractivity contribution in [1.29, 1.82) is 0 Å². The van der Waals surface area contributed by atoms with E-state index in [0.29, 0.717) is 17.8 Å². The molecule has 0 fully saturated rings. The van der Waals surface area contributed by atoms with Gasteiger partial charge < -0.3 is 10.1 Å². The van der Waals surface area contributed by atoms with Crippen LogP contribution in [0.5, 0.6) is 5.75 Å². The van der Waals surface area contributed by atoms with E-state index in [9.17, 15) is 9.18 Å². The number of amides is 1. The minimum Gasteiger partial charge on any atom is -0.494 e. The third kappa shape index (κ3) is 3.60. The molecule has 5 nitrogen and oxygen atoms in total. The van der Waals surface area contributed by atoms with E-state index in [1.165, 1.54) is 31.5 Å². The van der Waals surface area contributed by atoms with E-state index < -0.39 is 5.82 Å². The Labute approximate surface area is 138 Å². The summed E-state index contributed by atoms with van der Waals surface area (Å²) in [7, 11) is 1.42. The molecule has 2 aromatic carbocycles. The van der Waals surface area contributed by atoms with Gasteiger partial charge in [-0.1, -0.05) is 30.3 Å². The van der Waals surface area contributed by atoms with E-state index in [1.807, 2.05) is 30.3 Å². The predicted octanol–water partition coefficient (Wildman–Crippen LogP) is 3.33. The summed E-state index contributed by atoms with van der Waals surface area (Å²) in [6.45, 7) is 0.577. The topological polar surface area (TPSA) is 56.1 Å². The summed E-state index contributed by atoms with van der Waals surface area (Å²) in [6.07, 6.45) is 3.16. The van der Waals surface area contributed by atoms with Crippen molar-refractivity contribution < 1.29 is 13.9 Å². The number of hydrogen-bond acceptors (Lipinski definition) is 3. The maximum Gasteiger partial charge on any atom is 0.258 e. The highest BCUT2D eigenvalue weighted by Crippen LogP contribution is 2.25. The maximum absolute atomic E-state index is 13.2. The van der Waals surface area contributed by atoms with Crippen LogP contribution in [-0.2, 0) is 6.54 Å². The van der Waals surface area contributed by atoms with Crippen LogP contribution in [0, 0.1) is 5.82 Å². The zero-order valence-corrected chi connectivity index (χ0v) is 13.1. The van der Waals surface area contributed by atoms with Crippen molar-refractivity contribution in [2.24, 2.45) is 0 Å². The lowest BCUT2D eigenvalue weighted by Crippen LogP contribution is -2.12. The Kier molecular flexibility index (Phi) is 4.56. The van der Waals surface area contributed by atoms with Crippen LogP contribution >= 0.6 is 0 Å². The van der Waals surface area contributed by atoms with Crippen LogP contribution in [0.25, 0.3) is 0 Å². The van der Waals surface area contributed by atoms with Crippen LogP contribution in [0.15, 0.2) is 60.9 Å². The van der Waals surface area contributed by atoms with Crippen molar-refractivity contribution in [1.82, 2.24) is 9.78 Å². The molecule has 0 saturated carbocycles. The summed E-state index contributed by atoms with van der Waals surface area (Å²) < 4.78 is 20.0. The van der Waals surface area contributed by atoms with Crippen LogP contribution in [0.1, 0.15) is 15.9 Å². The number of rotatable bonds is 5. The Bertz CT molecular complexity index is 846. The molecule has 0 bridgehead atoms. The van der Waals surface area contributed by atoms with Crippen LogP contribution in [-0.4, -0.2) is 22.8 Å². The number of benzene rings is 2. The van der Waals surface area contributed by atoms with Crippen LogP contribution in [0.2, 0.25) is 0 Å². The molecule has 0 unspecified atom stereocenters. The number of methoxy groups -OCH3 is 1. The molecule has 1 N–H and O–H groups in total. The van der Waals surface area contributed by atoms with Crippen LogP contribution in [0.3, 0.4) is 0 Å². The highest BCUT2D eigenvalue weighted by atomic mass is 19.1. The first-order valence-electron chi connectivity index (χ1n) is 7.37. The van der Waals surface area contributed by atoms with Gasteiger partial charge in [-0.2, -0.15) is 5.10 Å². The second-order valence-electron chi connectivity index (χ2n) is 5.21. The fourth-order valence-corrected chi connectivity index (χ4v) is 2.30. The first-order chi connectivity index (χ1) is 11.7. The van der Waals surface area contributed by atoms with Crippen molar-refractivity contribution in [3.8, 4) is 5.75 Å². The Morgan fingerprint density at radius 2 is 2.04 bits per heavy atom. The first kappa shape index (κ1) is 15.7. The fraction of sp³-hybridized carbons (Fsp3) is 0.111. The van der Waals surface area contributed by atoms with E-state index >= 15 is 0 Å². The van der Waals surface area contributed by atoms with Gasteiger partial charge in [-0.15, -0.1) is 0 Å². The van der Waals surface area contributed by atoms with Crippen molar-refractivity contribution in [2.45, 2.75) is 6.54 Å². The lowest BCUT2D eigenvalue weighted by Gasteiger charge is -2.09. The van der Waals surface area contributed by atoms with Gasteiger partial charge in [-0.3, -0.25) is 9.48 Å². The van der Waals surface area contributed by atoms with E-state index in [0.717, 1.165) is 5.56 Å². The predicted molar refractivity (Wildman–Crippen MR) is 88.7 cm³/mol. The number of nitrogens with one attached hydrogen (secondary N) is 1. The van der Waals surface area contributed by atoms with Gasteiger partial charge in [-0.05, 0) is 17.7 Å². The monoisotopic (exact) mass is 325 g/mol. The number of anilines is 1. The van der Waals surface area contributed by atoms with Gasteiger partial charge in [0.05, 0.1) is 31.1 Å². The average molecular weight is 325 g/mol. The molecule has 0 spiro atoms. The normalized spacial score (nSPS) is 10.4. The fourth-order valence-electron chi connectivity index (χ4n) is 2.30. The SMILES string of the molecule is COc1cc(F)ccc1NC(=O)c1cnn(Cc2ccccc2)c1. The van der Waals surface area contributed by atoms with Gasteiger partial charge in [0.1, 0.15) is 11.6 Å². The Hall–Kier alpha value is -3.15. The molecule has 0 aliphatic rings. The molecular formula is C18H16FN3O2.